The summed E-state index contributed by atoms with van der Waals surface area (Å²) in [5.41, 5.74) is 6.43. The largest absolute Gasteiger partial charge is 0.465 e. The lowest BCUT2D eigenvalue weighted by atomic mass is 10.1. The summed E-state index contributed by atoms with van der Waals surface area (Å²) in [6, 6.07) is 6.31. The average Bonchev–Trinajstić information content (AvgIpc) is 2.17. The lowest BCUT2D eigenvalue weighted by Crippen LogP contribution is -2.02. The molecule has 0 fully saturated rings. The van der Waals surface area contributed by atoms with Gasteiger partial charge in [0, 0.05) is 5.69 Å². The van der Waals surface area contributed by atoms with Crippen molar-refractivity contribution in [1.29, 1.82) is 5.26 Å². The van der Waals surface area contributed by atoms with Gasteiger partial charge in [-0.3, -0.25) is 0 Å². The Labute approximate surface area is 75.5 Å². The molecule has 13 heavy (non-hydrogen) atoms. The van der Waals surface area contributed by atoms with E-state index in [1.165, 1.54) is 25.3 Å². The van der Waals surface area contributed by atoms with Gasteiger partial charge in [-0.15, -0.1) is 0 Å². The third-order valence-corrected chi connectivity index (χ3v) is 1.59. The average molecular weight is 176 g/mol. The second-order valence-corrected chi connectivity index (χ2v) is 2.41. The van der Waals surface area contributed by atoms with Crippen LogP contribution >= 0.6 is 0 Å². The van der Waals surface area contributed by atoms with Crippen molar-refractivity contribution < 1.29 is 9.53 Å². The van der Waals surface area contributed by atoms with Gasteiger partial charge in [-0.25, -0.2) is 4.79 Å². The summed E-state index contributed by atoms with van der Waals surface area (Å²) in [6.45, 7) is 0. The zero-order valence-electron chi connectivity index (χ0n) is 7.07. The molecule has 0 heterocycles. The van der Waals surface area contributed by atoms with Crippen LogP contribution in [0.25, 0.3) is 0 Å². The molecule has 0 spiro atoms. The fraction of sp³-hybridized carbons (Fsp3) is 0.111. The molecular formula is C9H8N2O2. The first-order valence-electron chi connectivity index (χ1n) is 3.57. The molecule has 0 radical (unpaired) electrons. The van der Waals surface area contributed by atoms with Crippen molar-refractivity contribution in [1.82, 2.24) is 0 Å². The van der Waals surface area contributed by atoms with Gasteiger partial charge in [-0.1, -0.05) is 0 Å². The van der Waals surface area contributed by atoms with Gasteiger partial charge in [-0.2, -0.15) is 5.26 Å². The van der Waals surface area contributed by atoms with Gasteiger partial charge in [0.1, 0.15) is 6.07 Å². The van der Waals surface area contributed by atoms with E-state index in [1.807, 2.05) is 6.07 Å². The lowest BCUT2D eigenvalue weighted by Gasteiger charge is -2.00. The second-order valence-electron chi connectivity index (χ2n) is 2.41. The van der Waals surface area contributed by atoms with E-state index in [-0.39, 0.29) is 5.56 Å². The van der Waals surface area contributed by atoms with Crippen molar-refractivity contribution >= 4 is 11.7 Å². The molecule has 66 valence electrons. The summed E-state index contributed by atoms with van der Waals surface area (Å²) in [5.74, 6) is -0.475. The summed E-state index contributed by atoms with van der Waals surface area (Å²) >= 11 is 0. The highest BCUT2D eigenvalue weighted by molar-refractivity contribution is 5.90. The minimum Gasteiger partial charge on any atom is -0.465 e. The summed E-state index contributed by atoms with van der Waals surface area (Å²) in [7, 11) is 1.28. The predicted octanol–water partition coefficient (Wildman–Crippen LogP) is 0.927. The van der Waals surface area contributed by atoms with Gasteiger partial charge >= 0.3 is 5.97 Å². The Balaban J connectivity index is 3.15. The Morgan fingerprint density at radius 2 is 2.31 bits per heavy atom. The van der Waals surface area contributed by atoms with Crippen LogP contribution in [-0.2, 0) is 4.74 Å². The molecule has 0 saturated carbocycles. The topological polar surface area (TPSA) is 76.1 Å². The molecule has 0 aliphatic heterocycles. The molecule has 0 saturated heterocycles. The fourth-order valence-electron chi connectivity index (χ4n) is 0.898. The number of benzene rings is 1. The van der Waals surface area contributed by atoms with Crippen molar-refractivity contribution in [3.05, 3.63) is 29.3 Å². The quantitative estimate of drug-likeness (QED) is 0.510. The zero-order chi connectivity index (χ0) is 9.84. The van der Waals surface area contributed by atoms with Crippen LogP contribution < -0.4 is 5.73 Å². The number of nitrogens with two attached hydrogens (primary N) is 1. The molecule has 4 heteroatoms. The lowest BCUT2D eigenvalue weighted by molar-refractivity contribution is 0.0601. The van der Waals surface area contributed by atoms with Crippen LogP contribution in [0.15, 0.2) is 18.2 Å². The Hall–Kier alpha value is -2.02. The summed E-state index contributed by atoms with van der Waals surface area (Å²) in [4.78, 5) is 11.0. The molecule has 2 N–H and O–H groups in total. The van der Waals surface area contributed by atoms with E-state index in [1.54, 1.807) is 0 Å². The van der Waals surface area contributed by atoms with Crippen LogP contribution in [0.2, 0.25) is 0 Å². The number of carbonyl (C=O) groups is 1. The van der Waals surface area contributed by atoms with E-state index in [9.17, 15) is 4.79 Å². The third kappa shape index (κ3) is 1.76. The maximum atomic E-state index is 11.0. The highest BCUT2D eigenvalue weighted by Crippen LogP contribution is 2.13. The number of nitrogen functional groups attached to an aromatic ring is 1. The van der Waals surface area contributed by atoms with Crippen LogP contribution in [0.1, 0.15) is 15.9 Å². The Morgan fingerprint density at radius 1 is 1.62 bits per heavy atom. The SMILES string of the molecule is COC(=O)c1ccc(N)c(C#N)c1. The Kier molecular flexibility index (Phi) is 2.50. The Morgan fingerprint density at radius 3 is 2.85 bits per heavy atom. The van der Waals surface area contributed by atoms with Crippen LogP contribution in [0.4, 0.5) is 5.69 Å². The first-order valence-corrected chi connectivity index (χ1v) is 3.57. The summed E-state index contributed by atoms with van der Waals surface area (Å²) < 4.78 is 4.49. The molecule has 0 atom stereocenters. The van der Waals surface area contributed by atoms with E-state index in [2.05, 4.69) is 4.74 Å². The molecule has 0 aliphatic carbocycles. The highest BCUT2D eigenvalue weighted by atomic mass is 16.5. The molecule has 1 aromatic rings. The molecule has 0 aromatic heterocycles. The maximum absolute atomic E-state index is 11.0. The fourth-order valence-corrected chi connectivity index (χ4v) is 0.898. The zero-order valence-corrected chi connectivity index (χ0v) is 7.07. The molecule has 4 nitrogen and oxygen atoms in total. The van der Waals surface area contributed by atoms with Crippen LogP contribution in [-0.4, -0.2) is 13.1 Å². The van der Waals surface area contributed by atoms with Crippen LogP contribution in [0, 0.1) is 11.3 Å². The molecule has 0 aliphatic rings. The van der Waals surface area contributed by atoms with Gasteiger partial charge in [0.2, 0.25) is 0 Å². The molecular weight excluding hydrogens is 168 g/mol. The molecule has 1 rings (SSSR count). The number of carbonyl (C=O) groups excluding carboxylic acids is 1. The summed E-state index contributed by atoms with van der Waals surface area (Å²) in [6.07, 6.45) is 0. The van der Waals surface area contributed by atoms with E-state index in [4.69, 9.17) is 11.0 Å². The molecule has 0 bridgehead atoms. The number of nitriles is 1. The number of rotatable bonds is 1. The number of nitrogens with zero attached hydrogens (tertiary/aromatic N) is 1. The Bertz CT molecular complexity index is 380. The van der Waals surface area contributed by atoms with Crippen molar-refractivity contribution in [2.45, 2.75) is 0 Å². The highest BCUT2D eigenvalue weighted by Gasteiger charge is 2.07. The van der Waals surface area contributed by atoms with Crippen molar-refractivity contribution in [3.8, 4) is 6.07 Å². The molecule has 1 aromatic carbocycles. The number of hydrogen-bond donors (Lipinski definition) is 1. The third-order valence-electron chi connectivity index (χ3n) is 1.59. The smallest absolute Gasteiger partial charge is 0.337 e. The van der Waals surface area contributed by atoms with Gasteiger partial charge in [-0.05, 0) is 18.2 Å². The minimum absolute atomic E-state index is 0.280. The normalized spacial score (nSPS) is 8.92. The monoisotopic (exact) mass is 176 g/mol. The van der Waals surface area contributed by atoms with Crippen molar-refractivity contribution in [3.63, 3.8) is 0 Å². The second kappa shape index (κ2) is 3.59. The number of anilines is 1. The maximum Gasteiger partial charge on any atom is 0.337 e. The van der Waals surface area contributed by atoms with E-state index in [0.717, 1.165) is 0 Å². The van der Waals surface area contributed by atoms with Crippen LogP contribution in [0.3, 0.4) is 0 Å². The minimum atomic E-state index is -0.475. The van der Waals surface area contributed by atoms with Crippen molar-refractivity contribution in [2.24, 2.45) is 0 Å². The number of methoxy groups -OCH3 is 1. The predicted molar refractivity (Wildman–Crippen MR) is 46.9 cm³/mol. The van der Waals surface area contributed by atoms with Gasteiger partial charge in [0.15, 0.2) is 0 Å². The first-order chi connectivity index (χ1) is 6.19. The number of ether oxygens (including phenoxy) is 1. The summed E-state index contributed by atoms with van der Waals surface area (Å²) in [5, 5.41) is 8.62. The standard InChI is InChI=1S/C9H8N2O2/c1-13-9(12)6-2-3-8(11)7(4-6)5-10/h2-4H,11H2,1H3. The number of esters is 1. The van der Waals surface area contributed by atoms with Gasteiger partial charge < -0.3 is 10.5 Å². The van der Waals surface area contributed by atoms with Gasteiger partial charge in [0.05, 0.1) is 18.2 Å². The van der Waals surface area contributed by atoms with Gasteiger partial charge in [0.25, 0.3) is 0 Å². The van der Waals surface area contributed by atoms with E-state index >= 15 is 0 Å². The van der Waals surface area contributed by atoms with E-state index < -0.39 is 5.97 Å². The van der Waals surface area contributed by atoms with E-state index in [0.29, 0.717) is 11.3 Å². The molecule has 0 unspecified atom stereocenters. The number of hydrogen-bond acceptors (Lipinski definition) is 4. The first kappa shape index (κ1) is 9.07. The van der Waals surface area contributed by atoms with Crippen molar-refractivity contribution in [2.75, 3.05) is 12.8 Å². The molecule has 0 amide bonds. The van der Waals surface area contributed by atoms with Crippen LogP contribution in [0.5, 0.6) is 0 Å².